The Hall–Kier alpha value is -2.85. The molecule has 2 aliphatic carbocycles. The first-order valence-corrected chi connectivity index (χ1v) is 12.4. The summed E-state index contributed by atoms with van der Waals surface area (Å²) in [7, 11) is 1.56. The van der Waals surface area contributed by atoms with Gasteiger partial charge in [-0.3, -0.25) is 9.69 Å². The second-order valence-corrected chi connectivity index (χ2v) is 10.0. The first-order valence-electron chi connectivity index (χ1n) is 12.4. The van der Waals surface area contributed by atoms with Crippen molar-refractivity contribution < 1.29 is 9.53 Å². The van der Waals surface area contributed by atoms with E-state index >= 15 is 0 Å². The van der Waals surface area contributed by atoms with E-state index in [2.05, 4.69) is 70.6 Å². The van der Waals surface area contributed by atoms with E-state index in [1.165, 1.54) is 35.8 Å². The van der Waals surface area contributed by atoms with E-state index in [0.29, 0.717) is 5.92 Å². The predicted octanol–water partition coefficient (Wildman–Crippen LogP) is 5.53. The third kappa shape index (κ3) is 3.26. The van der Waals surface area contributed by atoms with Crippen LogP contribution in [0.15, 0.2) is 66.2 Å². The molecule has 1 saturated carbocycles. The summed E-state index contributed by atoms with van der Waals surface area (Å²) in [5.74, 6) is 0.367. The summed E-state index contributed by atoms with van der Waals surface area (Å²) >= 11 is 0. The maximum absolute atomic E-state index is 13.9. The second kappa shape index (κ2) is 8.18. The smallest absolute Gasteiger partial charge is 0.319 e. The number of nitrogens with one attached hydrogen (secondary N) is 1. The molecule has 1 aliphatic heterocycles. The SMILES string of the molecule is COC(=O)C12CC3CCCCC3=CC1N(Cc1ccccc1)CCc1c2[nH]c2ccccc12. The van der Waals surface area contributed by atoms with E-state index in [4.69, 9.17) is 4.74 Å². The van der Waals surface area contributed by atoms with E-state index in [1.54, 1.807) is 12.7 Å². The lowest BCUT2D eigenvalue weighted by Gasteiger charge is -2.48. The number of hydrogen-bond donors (Lipinski definition) is 1. The zero-order valence-electron chi connectivity index (χ0n) is 19.3. The highest BCUT2D eigenvalue weighted by atomic mass is 16.5. The van der Waals surface area contributed by atoms with Gasteiger partial charge in [0, 0.05) is 29.7 Å². The van der Waals surface area contributed by atoms with Crippen LogP contribution in [0, 0.1) is 5.92 Å². The van der Waals surface area contributed by atoms with Gasteiger partial charge in [-0.1, -0.05) is 66.6 Å². The van der Waals surface area contributed by atoms with Crippen molar-refractivity contribution >= 4 is 16.9 Å². The van der Waals surface area contributed by atoms with Crippen LogP contribution in [-0.4, -0.2) is 35.5 Å². The molecule has 4 heteroatoms. The normalized spacial score (nSPS) is 27.1. The molecule has 3 aliphatic rings. The molecule has 3 atom stereocenters. The number of para-hydroxylation sites is 1. The van der Waals surface area contributed by atoms with Crippen LogP contribution < -0.4 is 0 Å². The number of fused-ring (bicyclic) bond motifs is 6. The minimum absolute atomic E-state index is 0.0104. The Kier molecular flexibility index (Phi) is 5.14. The number of methoxy groups -OCH3 is 1. The number of H-pyrrole nitrogens is 1. The highest BCUT2D eigenvalue weighted by Crippen LogP contribution is 2.51. The Bertz CT molecular complexity index is 1210. The van der Waals surface area contributed by atoms with E-state index in [-0.39, 0.29) is 12.0 Å². The number of hydrogen-bond acceptors (Lipinski definition) is 3. The van der Waals surface area contributed by atoms with Gasteiger partial charge in [-0.05, 0) is 55.2 Å². The quantitative estimate of drug-likeness (QED) is 0.430. The number of carbonyl (C=O) groups is 1. The van der Waals surface area contributed by atoms with Gasteiger partial charge in [-0.15, -0.1) is 0 Å². The standard InChI is InChI=1S/C29H32N2O2/c1-33-28(32)29-18-22-12-6-5-11-21(22)17-26(29)31(19-20-9-3-2-4-10-20)16-15-24-23-13-7-8-14-25(23)30-27(24)29/h2-4,7-10,13-14,17,22,26,30H,5-6,11-12,15-16,18-19H2,1H3. The van der Waals surface area contributed by atoms with Crippen molar-refractivity contribution in [1.82, 2.24) is 9.88 Å². The number of esters is 1. The number of aromatic nitrogens is 1. The molecule has 0 radical (unpaired) electrons. The molecule has 170 valence electrons. The average molecular weight is 441 g/mol. The molecule has 0 bridgehead atoms. The van der Waals surface area contributed by atoms with Crippen LogP contribution in [0.2, 0.25) is 0 Å². The molecule has 0 amide bonds. The average Bonchev–Trinajstić information content (AvgIpc) is 3.19. The Labute approximate surface area is 195 Å². The molecule has 0 spiro atoms. The number of rotatable bonds is 3. The van der Waals surface area contributed by atoms with Crippen LogP contribution in [0.4, 0.5) is 0 Å². The zero-order valence-corrected chi connectivity index (χ0v) is 19.3. The van der Waals surface area contributed by atoms with E-state index in [9.17, 15) is 4.79 Å². The highest BCUT2D eigenvalue weighted by molar-refractivity contribution is 5.92. The van der Waals surface area contributed by atoms with Crippen molar-refractivity contribution in [3.05, 3.63) is 83.1 Å². The molecule has 6 rings (SSSR count). The van der Waals surface area contributed by atoms with Crippen LogP contribution in [0.5, 0.6) is 0 Å². The monoisotopic (exact) mass is 440 g/mol. The van der Waals surface area contributed by atoms with E-state index in [1.807, 2.05) is 0 Å². The van der Waals surface area contributed by atoms with Crippen LogP contribution in [-0.2, 0) is 27.9 Å². The van der Waals surface area contributed by atoms with Crippen LogP contribution in [0.3, 0.4) is 0 Å². The molecule has 2 aromatic carbocycles. The third-order valence-corrected chi connectivity index (χ3v) is 8.32. The summed E-state index contributed by atoms with van der Waals surface area (Å²) in [6, 6.07) is 19.2. The van der Waals surface area contributed by atoms with Gasteiger partial charge < -0.3 is 9.72 Å². The number of nitrogens with zero attached hydrogens (tertiary/aromatic N) is 1. The molecule has 4 nitrogen and oxygen atoms in total. The number of aromatic amines is 1. The molecule has 3 aromatic rings. The summed E-state index contributed by atoms with van der Waals surface area (Å²) in [5, 5.41) is 1.24. The minimum atomic E-state index is -0.708. The lowest BCUT2D eigenvalue weighted by Crippen LogP contribution is -2.57. The van der Waals surface area contributed by atoms with Gasteiger partial charge in [0.15, 0.2) is 0 Å². The van der Waals surface area contributed by atoms with Gasteiger partial charge in [-0.2, -0.15) is 0 Å². The lowest BCUT2D eigenvalue weighted by atomic mass is 9.61. The summed E-state index contributed by atoms with van der Waals surface area (Å²) < 4.78 is 5.62. The Morgan fingerprint density at radius 3 is 2.76 bits per heavy atom. The zero-order chi connectivity index (χ0) is 22.4. The minimum Gasteiger partial charge on any atom is -0.468 e. The Balaban J connectivity index is 1.57. The van der Waals surface area contributed by atoms with Gasteiger partial charge >= 0.3 is 5.97 Å². The maximum Gasteiger partial charge on any atom is 0.319 e. The van der Waals surface area contributed by atoms with Crippen molar-refractivity contribution in [1.29, 1.82) is 0 Å². The fourth-order valence-corrected chi connectivity index (χ4v) is 6.80. The van der Waals surface area contributed by atoms with Gasteiger partial charge in [-0.25, -0.2) is 0 Å². The van der Waals surface area contributed by atoms with Crippen molar-refractivity contribution in [2.45, 2.75) is 56.5 Å². The molecule has 0 saturated heterocycles. The molecule has 1 N–H and O–H groups in total. The summed E-state index contributed by atoms with van der Waals surface area (Å²) in [5.41, 5.74) is 5.65. The van der Waals surface area contributed by atoms with Crippen molar-refractivity contribution in [3.63, 3.8) is 0 Å². The summed E-state index contributed by atoms with van der Waals surface area (Å²) in [6.45, 7) is 1.75. The molecular weight excluding hydrogens is 408 g/mol. The molecule has 1 fully saturated rings. The molecular formula is C29H32N2O2. The van der Waals surface area contributed by atoms with Gasteiger partial charge in [0.05, 0.1) is 13.2 Å². The molecule has 1 aromatic heterocycles. The van der Waals surface area contributed by atoms with E-state index < -0.39 is 5.41 Å². The number of benzene rings is 2. The first kappa shape index (κ1) is 20.7. The fraction of sp³-hybridized carbons (Fsp3) is 0.414. The molecule has 33 heavy (non-hydrogen) atoms. The molecule has 3 unspecified atom stereocenters. The second-order valence-electron chi connectivity index (χ2n) is 10.0. The fourth-order valence-electron chi connectivity index (χ4n) is 6.80. The van der Waals surface area contributed by atoms with Crippen molar-refractivity contribution in [2.75, 3.05) is 13.7 Å². The van der Waals surface area contributed by atoms with Crippen molar-refractivity contribution in [2.24, 2.45) is 5.92 Å². The van der Waals surface area contributed by atoms with Gasteiger partial charge in [0.2, 0.25) is 0 Å². The molecule has 2 heterocycles. The first-order chi connectivity index (χ1) is 16.2. The lowest BCUT2D eigenvalue weighted by molar-refractivity contribution is -0.151. The number of allylic oxidation sites excluding steroid dienone is 1. The van der Waals surface area contributed by atoms with Crippen LogP contribution >= 0.6 is 0 Å². The van der Waals surface area contributed by atoms with Crippen molar-refractivity contribution in [3.8, 4) is 0 Å². The van der Waals surface area contributed by atoms with E-state index in [0.717, 1.165) is 43.6 Å². The largest absolute Gasteiger partial charge is 0.468 e. The van der Waals surface area contributed by atoms with Crippen LogP contribution in [0.25, 0.3) is 10.9 Å². The summed E-state index contributed by atoms with van der Waals surface area (Å²) in [4.78, 5) is 20.2. The Morgan fingerprint density at radius 1 is 1.09 bits per heavy atom. The highest BCUT2D eigenvalue weighted by Gasteiger charge is 2.56. The maximum atomic E-state index is 13.9. The van der Waals surface area contributed by atoms with Gasteiger partial charge in [0.25, 0.3) is 0 Å². The van der Waals surface area contributed by atoms with Gasteiger partial charge in [0.1, 0.15) is 5.41 Å². The summed E-state index contributed by atoms with van der Waals surface area (Å²) in [6.07, 6.45) is 9.07. The number of ether oxygens (including phenoxy) is 1. The number of carbonyl (C=O) groups excluding carboxylic acids is 1. The third-order valence-electron chi connectivity index (χ3n) is 8.32. The van der Waals surface area contributed by atoms with Crippen LogP contribution in [0.1, 0.15) is 48.9 Å². The predicted molar refractivity (Wildman–Crippen MR) is 131 cm³/mol. The topological polar surface area (TPSA) is 45.3 Å². The Morgan fingerprint density at radius 2 is 1.91 bits per heavy atom.